The van der Waals surface area contributed by atoms with Crippen LogP contribution < -0.4 is 5.32 Å². The summed E-state index contributed by atoms with van der Waals surface area (Å²) in [6.07, 6.45) is 0.983. The molecule has 0 aromatic rings. The molecule has 0 aromatic heterocycles. The Bertz CT molecular complexity index is 257. The zero-order valence-corrected chi connectivity index (χ0v) is 9.64. The van der Waals surface area contributed by atoms with Crippen LogP contribution in [0.5, 0.6) is 0 Å². The van der Waals surface area contributed by atoms with Crippen LogP contribution in [0.1, 0.15) is 20.3 Å². The molecule has 4 nitrogen and oxygen atoms in total. The predicted octanol–water partition coefficient (Wildman–Crippen LogP) is 0.188. The summed E-state index contributed by atoms with van der Waals surface area (Å²) in [6.45, 7) is 5.08. The van der Waals surface area contributed by atoms with Gasteiger partial charge in [-0.15, -0.1) is 0 Å². The van der Waals surface area contributed by atoms with E-state index in [-0.39, 0.29) is 17.5 Å². The molecule has 1 fully saturated rings. The van der Waals surface area contributed by atoms with Crippen LogP contribution in [-0.4, -0.2) is 45.2 Å². The zero-order chi connectivity index (χ0) is 10.6. The van der Waals surface area contributed by atoms with Gasteiger partial charge in [-0.05, 0) is 13.3 Å². The highest BCUT2D eigenvalue weighted by molar-refractivity contribution is 7.91. The average molecular weight is 221 g/mol. The minimum absolute atomic E-state index is 0.0200. The van der Waals surface area contributed by atoms with E-state index >= 15 is 0 Å². The Morgan fingerprint density at radius 3 is 2.79 bits per heavy atom. The first kappa shape index (κ1) is 11.9. The van der Waals surface area contributed by atoms with Crippen LogP contribution in [0.25, 0.3) is 0 Å². The SMILES string of the molecule is CCS(=O)(=O)CC(C)NC1CCOC1. The van der Waals surface area contributed by atoms with Crippen LogP contribution in [0.2, 0.25) is 0 Å². The van der Waals surface area contributed by atoms with E-state index in [1.165, 1.54) is 0 Å². The molecule has 2 atom stereocenters. The maximum atomic E-state index is 11.3. The normalized spacial score (nSPS) is 25.1. The largest absolute Gasteiger partial charge is 0.380 e. The molecule has 1 aliphatic rings. The van der Waals surface area contributed by atoms with E-state index in [0.29, 0.717) is 12.6 Å². The third-order valence-electron chi connectivity index (χ3n) is 2.39. The highest BCUT2D eigenvalue weighted by Gasteiger charge is 2.20. The third-order valence-corrected chi connectivity index (χ3v) is 4.28. The second-order valence-electron chi connectivity index (χ2n) is 3.83. The van der Waals surface area contributed by atoms with Crippen molar-refractivity contribution in [1.82, 2.24) is 5.32 Å². The molecule has 84 valence electrons. The van der Waals surface area contributed by atoms with Gasteiger partial charge in [0.15, 0.2) is 9.84 Å². The maximum absolute atomic E-state index is 11.3. The van der Waals surface area contributed by atoms with E-state index in [0.717, 1.165) is 13.0 Å². The number of rotatable bonds is 5. The molecule has 1 heterocycles. The lowest BCUT2D eigenvalue weighted by Crippen LogP contribution is -2.41. The van der Waals surface area contributed by atoms with Crippen molar-refractivity contribution in [2.24, 2.45) is 0 Å². The second kappa shape index (κ2) is 5.09. The Balaban J connectivity index is 2.31. The topological polar surface area (TPSA) is 55.4 Å². The predicted molar refractivity (Wildman–Crippen MR) is 56.1 cm³/mol. The monoisotopic (exact) mass is 221 g/mol. The van der Waals surface area contributed by atoms with E-state index in [2.05, 4.69) is 5.32 Å². The number of ether oxygens (including phenoxy) is 1. The molecule has 2 unspecified atom stereocenters. The molecule has 5 heteroatoms. The van der Waals surface area contributed by atoms with Gasteiger partial charge in [0.25, 0.3) is 0 Å². The lowest BCUT2D eigenvalue weighted by molar-refractivity contribution is 0.188. The Morgan fingerprint density at radius 2 is 2.29 bits per heavy atom. The molecule has 0 bridgehead atoms. The maximum Gasteiger partial charge on any atom is 0.151 e. The Kier molecular flexibility index (Phi) is 4.34. The van der Waals surface area contributed by atoms with E-state index in [1.54, 1.807) is 6.92 Å². The zero-order valence-electron chi connectivity index (χ0n) is 8.82. The Morgan fingerprint density at radius 1 is 1.57 bits per heavy atom. The first-order valence-corrected chi connectivity index (χ1v) is 6.90. The van der Waals surface area contributed by atoms with Crippen molar-refractivity contribution in [2.75, 3.05) is 24.7 Å². The highest BCUT2D eigenvalue weighted by Crippen LogP contribution is 2.05. The van der Waals surface area contributed by atoms with Gasteiger partial charge in [0.1, 0.15) is 0 Å². The molecule has 1 rings (SSSR count). The van der Waals surface area contributed by atoms with Crippen molar-refractivity contribution in [3.63, 3.8) is 0 Å². The quantitative estimate of drug-likeness (QED) is 0.720. The van der Waals surface area contributed by atoms with Gasteiger partial charge in [0.2, 0.25) is 0 Å². The van der Waals surface area contributed by atoms with Gasteiger partial charge < -0.3 is 10.1 Å². The van der Waals surface area contributed by atoms with Crippen LogP contribution in [0.3, 0.4) is 0 Å². The molecule has 14 heavy (non-hydrogen) atoms. The van der Waals surface area contributed by atoms with E-state index < -0.39 is 9.84 Å². The average Bonchev–Trinajstić information content (AvgIpc) is 2.55. The van der Waals surface area contributed by atoms with E-state index in [4.69, 9.17) is 4.74 Å². The van der Waals surface area contributed by atoms with Gasteiger partial charge in [0.05, 0.1) is 12.4 Å². The molecule has 0 aromatic carbocycles. The molecule has 1 saturated heterocycles. The molecule has 0 radical (unpaired) electrons. The smallest absolute Gasteiger partial charge is 0.151 e. The van der Waals surface area contributed by atoms with Crippen molar-refractivity contribution >= 4 is 9.84 Å². The van der Waals surface area contributed by atoms with Crippen molar-refractivity contribution < 1.29 is 13.2 Å². The molecular formula is C9H19NO3S. The summed E-state index contributed by atoms with van der Waals surface area (Å²) in [5.41, 5.74) is 0. The summed E-state index contributed by atoms with van der Waals surface area (Å²) in [5.74, 6) is 0.445. The van der Waals surface area contributed by atoms with Crippen molar-refractivity contribution in [1.29, 1.82) is 0 Å². The Hall–Kier alpha value is -0.130. The standard InChI is InChI=1S/C9H19NO3S/c1-3-14(11,12)7-8(2)10-9-4-5-13-6-9/h8-10H,3-7H2,1-2H3. The highest BCUT2D eigenvalue weighted by atomic mass is 32.2. The fourth-order valence-electron chi connectivity index (χ4n) is 1.62. The van der Waals surface area contributed by atoms with Crippen molar-refractivity contribution in [2.45, 2.75) is 32.4 Å². The summed E-state index contributed by atoms with van der Waals surface area (Å²) < 4.78 is 27.8. The number of hydrogen-bond acceptors (Lipinski definition) is 4. The van der Waals surface area contributed by atoms with E-state index in [9.17, 15) is 8.42 Å². The van der Waals surface area contributed by atoms with E-state index in [1.807, 2.05) is 6.92 Å². The molecule has 0 aliphatic carbocycles. The minimum Gasteiger partial charge on any atom is -0.380 e. The first-order valence-electron chi connectivity index (χ1n) is 5.07. The lowest BCUT2D eigenvalue weighted by atomic mass is 10.2. The summed E-state index contributed by atoms with van der Waals surface area (Å²) in [4.78, 5) is 0. The van der Waals surface area contributed by atoms with Crippen LogP contribution in [-0.2, 0) is 14.6 Å². The van der Waals surface area contributed by atoms with Gasteiger partial charge in [-0.3, -0.25) is 0 Å². The summed E-state index contributed by atoms with van der Waals surface area (Å²) in [7, 11) is -2.86. The fraction of sp³-hybridized carbons (Fsp3) is 1.00. The second-order valence-corrected chi connectivity index (χ2v) is 6.22. The summed E-state index contributed by atoms with van der Waals surface area (Å²) >= 11 is 0. The van der Waals surface area contributed by atoms with Crippen LogP contribution in [0, 0.1) is 0 Å². The van der Waals surface area contributed by atoms with Crippen LogP contribution in [0.15, 0.2) is 0 Å². The van der Waals surface area contributed by atoms with Gasteiger partial charge in [-0.25, -0.2) is 8.42 Å². The minimum atomic E-state index is -2.86. The van der Waals surface area contributed by atoms with Crippen molar-refractivity contribution in [3.8, 4) is 0 Å². The first-order chi connectivity index (χ1) is 6.53. The van der Waals surface area contributed by atoms with Gasteiger partial charge >= 0.3 is 0 Å². The molecule has 0 spiro atoms. The molecule has 1 N–H and O–H groups in total. The molecule has 0 amide bonds. The van der Waals surface area contributed by atoms with Crippen LogP contribution in [0.4, 0.5) is 0 Å². The molecular weight excluding hydrogens is 202 g/mol. The molecule has 0 saturated carbocycles. The summed E-state index contributed by atoms with van der Waals surface area (Å²) in [5, 5.41) is 3.27. The number of nitrogens with one attached hydrogen (secondary N) is 1. The number of hydrogen-bond donors (Lipinski definition) is 1. The third kappa shape index (κ3) is 3.94. The fourth-order valence-corrected chi connectivity index (χ4v) is 2.71. The Labute approximate surface area is 85.9 Å². The lowest BCUT2D eigenvalue weighted by Gasteiger charge is -2.17. The van der Waals surface area contributed by atoms with Gasteiger partial charge in [-0.1, -0.05) is 6.92 Å². The summed E-state index contributed by atoms with van der Waals surface area (Å²) in [6, 6.07) is 0.351. The number of sulfone groups is 1. The van der Waals surface area contributed by atoms with Gasteiger partial charge in [-0.2, -0.15) is 0 Å². The van der Waals surface area contributed by atoms with Crippen LogP contribution >= 0.6 is 0 Å². The van der Waals surface area contributed by atoms with Gasteiger partial charge in [0, 0.05) is 24.4 Å². The molecule has 1 aliphatic heterocycles. The van der Waals surface area contributed by atoms with Crippen molar-refractivity contribution in [3.05, 3.63) is 0 Å².